The molecule has 4 nitrogen and oxygen atoms in total. The van der Waals surface area contributed by atoms with Crippen molar-refractivity contribution in [3.05, 3.63) is 59.3 Å². The number of benzene rings is 2. The Labute approximate surface area is 172 Å². The van der Waals surface area contributed by atoms with Gasteiger partial charge in [-0.1, -0.05) is 25.1 Å². The van der Waals surface area contributed by atoms with Crippen molar-refractivity contribution in [3.8, 4) is 0 Å². The lowest BCUT2D eigenvalue weighted by molar-refractivity contribution is 0.503. The van der Waals surface area contributed by atoms with Crippen molar-refractivity contribution >= 4 is 33.1 Å². The summed E-state index contributed by atoms with van der Waals surface area (Å²) in [6, 6.07) is 13.4. The second-order valence-corrected chi connectivity index (χ2v) is 9.72. The number of nitrogens with zero attached hydrogens (tertiary/aromatic N) is 1. The Balaban J connectivity index is 0.00000192. The van der Waals surface area contributed by atoms with Crippen LogP contribution in [0.5, 0.6) is 0 Å². The van der Waals surface area contributed by atoms with Gasteiger partial charge < -0.3 is 9.88 Å². The van der Waals surface area contributed by atoms with Crippen LogP contribution in [-0.2, 0) is 29.7 Å². The Hall–Kier alpha value is -1.82. The molecule has 5 rings (SSSR count). The van der Waals surface area contributed by atoms with Crippen LogP contribution in [0.4, 0.5) is 0 Å². The standard InChI is InChI=1S/C22H24N2O2S.ClH/c1-3-14-11-17(27(25,26)16-7-5-4-6-8-16)13-18-21-19-10-9-15(23-19)12-20(21)24(2)22(14)18;/h4-8,11,13,15,19,23H,3,9-10,12H2,1-2H3;1H. The van der Waals surface area contributed by atoms with Crippen molar-refractivity contribution in [1.29, 1.82) is 0 Å². The maximum Gasteiger partial charge on any atom is 0.206 e. The lowest BCUT2D eigenvalue weighted by atomic mass is 9.98. The highest BCUT2D eigenvalue weighted by Crippen LogP contribution is 2.43. The third-order valence-corrected chi connectivity index (χ3v) is 8.03. The summed E-state index contributed by atoms with van der Waals surface area (Å²) in [6.07, 6.45) is 4.17. The SMILES string of the molecule is CCc1cc(S(=O)(=O)c2ccccc2)cc2c3c(n(C)c12)CC1CCC3N1.Cl. The molecule has 1 aromatic heterocycles. The molecule has 1 N–H and O–H groups in total. The summed E-state index contributed by atoms with van der Waals surface area (Å²) < 4.78 is 28.8. The molecule has 2 atom stereocenters. The van der Waals surface area contributed by atoms with Gasteiger partial charge in [-0.2, -0.15) is 0 Å². The van der Waals surface area contributed by atoms with E-state index in [4.69, 9.17) is 0 Å². The number of halogens is 1. The molecule has 6 heteroatoms. The smallest absolute Gasteiger partial charge is 0.206 e. The Morgan fingerprint density at radius 3 is 2.57 bits per heavy atom. The summed E-state index contributed by atoms with van der Waals surface area (Å²) in [6.45, 7) is 2.10. The van der Waals surface area contributed by atoms with Crippen LogP contribution >= 0.6 is 12.4 Å². The molecule has 1 fully saturated rings. The zero-order chi connectivity index (χ0) is 18.8. The second-order valence-electron chi connectivity index (χ2n) is 7.77. The van der Waals surface area contributed by atoms with Crippen LogP contribution in [-0.4, -0.2) is 19.0 Å². The number of hydrogen-bond donors (Lipinski definition) is 1. The Kier molecular flexibility index (Phi) is 4.81. The van der Waals surface area contributed by atoms with E-state index >= 15 is 0 Å². The minimum Gasteiger partial charge on any atom is -0.347 e. The fourth-order valence-electron chi connectivity index (χ4n) is 4.98. The Morgan fingerprint density at radius 1 is 1.11 bits per heavy atom. The molecule has 148 valence electrons. The number of fused-ring (bicyclic) bond motifs is 6. The second kappa shape index (κ2) is 6.90. The van der Waals surface area contributed by atoms with Crippen LogP contribution < -0.4 is 5.32 Å². The molecule has 2 aliphatic rings. The number of aryl methyl sites for hydroxylation is 2. The highest BCUT2D eigenvalue weighted by Gasteiger charge is 2.36. The quantitative estimate of drug-likeness (QED) is 0.690. The van der Waals surface area contributed by atoms with Crippen LogP contribution in [0.2, 0.25) is 0 Å². The van der Waals surface area contributed by atoms with E-state index in [1.165, 1.54) is 23.2 Å². The van der Waals surface area contributed by atoms with Crippen molar-refractivity contribution in [2.75, 3.05) is 0 Å². The molecule has 2 bridgehead atoms. The van der Waals surface area contributed by atoms with Gasteiger partial charge in [0.25, 0.3) is 0 Å². The lowest BCUT2D eigenvalue weighted by Gasteiger charge is -2.23. The van der Waals surface area contributed by atoms with Crippen molar-refractivity contribution in [2.24, 2.45) is 7.05 Å². The fourth-order valence-corrected chi connectivity index (χ4v) is 6.33. The number of sulfone groups is 1. The minimum absolute atomic E-state index is 0. The monoisotopic (exact) mass is 416 g/mol. The largest absolute Gasteiger partial charge is 0.347 e. The van der Waals surface area contributed by atoms with Crippen LogP contribution in [0, 0.1) is 0 Å². The van der Waals surface area contributed by atoms with Crippen LogP contribution in [0.3, 0.4) is 0 Å². The topological polar surface area (TPSA) is 51.1 Å². The van der Waals surface area contributed by atoms with E-state index in [2.05, 4.69) is 23.9 Å². The Morgan fingerprint density at radius 2 is 1.86 bits per heavy atom. The fraction of sp³-hybridized carbons (Fsp3) is 0.364. The highest BCUT2D eigenvalue weighted by molar-refractivity contribution is 7.91. The molecular weight excluding hydrogens is 392 g/mol. The third kappa shape index (κ3) is 2.71. The summed E-state index contributed by atoms with van der Waals surface area (Å²) in [5, 5.41) is 4.83. The molecular formula is C22H25ClN2O2S. The van der Waals surface area contributed by atoms with Gasteiger partial charge in [-0.15, -0.1) is 12.4 Å². The highest BCUT2D eigenvalue weighted by atomic mass is 35.5. The summed E-state index contributed by atoms with van der Waals surface area (Å²) in [5.41, 5.74) is 5.00. The summed E-state index contributed by atoms with van der Waals surface area (Å²) in [7, 11) is -1.39. The molecule has 1 saturated heterocycles. The van der Waals surface area contributed by atoms with E-state index in [9.17, 15) is 8.42 Å². The van der Waals surface area contributed by atoms with Gasteiger partial charge in [0.2, 0.25) is 9.84 Å². The molecule has 3 aromatic rings. The predicted octanol–water partition coefficient (Wildman–Crippen LogP) is 4.34. The molecule has 0 amide bonds. The summed E-state index contributed by atoms with van der Waals surface area (Å²) in [5.74, 6) is 0. The van der Waals surface area contributed by atoms with Crippen molar-refractivity contribution in [2.45, 2.75) is 54.5 Å². The average Bonchev–Trinajstić information content (AvgIpc) is 3.21. The molecule has 2 aliphatic heterocycles. The first-order chi connectivity index (χ1) is 13.0. The van der Waals surface area contributed by atoms with E-state index in [1.807, 2.05) is 18.2 Å². The zero-order valence-electron chi connectivity index (χ0n) is 16.1. The van der Waals surface area contributed by atoms with Gasteiger partial charge in [-0.25, -0.2) is 8.42 Å². The molecule has 2 aromatic carbocycles. The maximum atomic E-state index is 13.3. The average molecular weight is 417 g/mol. The van der Waals surface area contributed by atoms with Gasteiger partial charge in [-0.05, 0) is 54.7 Å². The molecule has 2 unspecified atom stereocenters. The molecule has 0 spiro atoms. The first kappa shape index (κ1) is 19.5. The number of hydrogen-bond acceptors (Lipinski definition) is 3. The summed E-state index contributed by atoms with van der Waals surface area (Å²) in [4.78, 5) is 0.766. The molecule has 0 aliphatic carbocycles. The van der Waals surface area contributed by atoms with Gasteiger partial charge >= 0.3 is 0 Å². The van der Waals surface area contributed by atoms with Gasteiger partial charge in [-0.3, -0.25) is 0 Å². The van der Waals surface area contributed by atoms with E-state index < -0.39 is 9.84 Å². The van der Waals surface area contributed by atoms with Gasteiger partial charge in [0, 0.05) is 36.6 Å². The van der Waals surface area contributed by atoms with Crippen molar-refractivity contribution in [3.63, 3.8) is 0 Å². The third-order valence-electron chi connectivity index (χ3n) is 6.28. The first-order valence-electron chi connectivity index (χ1n) is 9.71. The lowest BCUT2D eigenvalue weighted by Crippen LogP contribution is -2.32. The predicted molar refractivity (Wildman–Crippen MR) is 114 cm³/mol. The van der Waals surface area contributed by atoms with Crippen LogP contribution in [0.15, 0.2) is 52.3 Å². The van der Waals surface area contributed by atoms with Crippen molar-refractivity contribution in [1.82, 2.24) is 9.88 Å². The number of aromatic nitrogens is 1. The Bertz CT molecular complexity index is 1150. The van der Waals surface area contributed by atoms with Gasteiger partial charge in [0.05, 0.1) is 15.3 Å². The van der Waals surface area contributed by atoms with Crippen LogP contribution in [0.25, 0.3) is 10.9 Å². The van der Waals surface area contributed by atoms with E-state index in [1.54, 1.807) is 24.3 Å². The van der Waals surface area contributed by atoms with E-state index in [-0.39, 0.29) is 12.4 Å². The number of nitrogens with one attached hydrogen (secondary N) is 1. The van der Waals surface area contributed by atoms with Gasteiger partial charge in [0.1, 0.15) is 0 Å². The van der Waals surface area contributed by atoms with E-state index in [0.29, 0.717) is 21.9 Å². The van der Waals surface area contributed by atoms with E-state index in [0.717, 1.165) is 30.2 Å². The van der Waals surface area contributed by atoms with Crippen LogP contribution in [0.1, 0.15) is 42.6 Å². The normalized spacial score (nSPS) is 20.8. The number of rotatable bonds is 3. The maximum absolute atomic E-state index is 13.3. The first-order valence-corrected chi connectivity index (χ1v) is 11.2. The van der Waals surface area contributed by atoms with Crippen molar-refractivity contribution < 1.29 is 8.42 Å². The molecule has 0 radical (unpaired) electrons. The molecule has 3 heterocycles. The van der Waals surface area contributed by atoms with Gasteiger partial charge in [0.15, 0.2) is 0 Å². The minimum atomic E-state index is -3.52. The summed E-state index contributed by atoms with van der Waals surface area (Å²) >= 11 is 0. The zero-order valence-corrected chi connectivity index (χ0v) is 17.7. The molecule has 28 heavy (non-hydrogen) atoms. The molecule has 0 saturated carbocycles.